The maximum absolute atomic E-state index is 13.5. The van der Waals surface area contributed by atoms with Crippen molar-refractivity contribution in [2.45, 2.75) is 49.3 Å². The molecule has 0 aliphatic carbocycles. The second-order valence-corrected chi connectivity index (χ2v) is 11.7. The highest BCUT2D eigenvalue weighted by atomic mass is 32.2. The number of piperidine rings is 1. The van der Waals surface area contributed by atoms with Gasteiger partial charge in [-0.05, 0) is 47.6 Å². The monoisotopic (exact) mass is 470 g/mol. The summed E-state index contributed by atoms with van der Waals surface area (Å²) in [7, 11) is -2.37. The summed E-state index contributed by atoms with van der Waals surface area (Å²) in [5.74, 6) is -0.658. The normalized spacial score (nSPS) is 18.4. The van der Waals surface area contributed by atoms with Crippen LogP contribution in [0.2, 0.25) is 0 Å². The first-order valence-electron chi connectivity index (χ1n) is 11.1. The molecule has 8 heteroatoms. The molecule has 2 aliphatic heterocycles. The van der Waals surface area contributed by atoms with Gasteiger partial charge in [0.05, 0.1) is 17.4 Å². The quantitative estimate of drug-likeness (QED) is 0.641. The number of methoxy groups -OCH3 is 1. The second-order valence-electron chi connectivity index (χ2n) is 9.75. The van der Waals surface area contributed by atoms with Crippen molar-refractivity contribution >= 4 is 27.6 Å². The zero-order valence-corrected chi connectivity index (χ0v) is 20.3. The number of nitrogens with zero attached hydrogens (tertiary/aromatic N) is 2. The molecule has 1 amide bonds. The average Bonchev–Trinajstić information content (AvgIpc) is 3.01. The third kappa shape index (κ3) is 3.95. The number of carbonyl (C=O) groups is 2. The summed E-state index contributed by atoms with van der Waals surface area (Å²) in [6, 6.07) is 14.5. The third-order valence-electron chi connectivity index (χ3n) is 6.81. The van der Waals surface area contributed by atoms with Gasteiger partial charge in [-0.1, -0.05) is 51.1 Å². The zero-order valence-electron chi connectivity index (χ0n) is 19.5. The van der Waals surface area contributed by atoms with Crippen LogP contribution in [0.25, 0.3) is 0 Å². The van der Waals surface area contributed by atoms with Gasteiger partial charge in [0, 0.05) is 18.8 Å². The van der Waals surface area contributed by atoms with E-state index in [4.69, 9.17) is 4.74 Å². The van der Waals surface area contributed by atoms with E-state index in [0.717, 1.165) is 11.1 Å². The van der Waals surface area contributed by atoms with Gasteiger partial charge in [0.15, 0.2) is 0 Å². The summed E-state index contributed by atoms with van der Waals surface area (Å²) in [6.07, 6.45) is 0.722. The summed E-state index contributed by atoms with van der Waals surface area (Å²) in [4.78, 5) is 27.1. The lowest BCUT2D eigenvalue weighted by molar-refractivity contribution is -0.140. The second kappa shape index (κ2) is 8.25. The van der Waals surface area contributed by atoms with E-state index < -0.39 is 21.4 Å². The smallest absolute Gasteiger partial charge is 0.325 e. The van der Waals surface area contributed by atoms with Crippen LogP contribution in [0.15, 0.2) is 53.4 Å². The van der Waals surface area contributed by atoms with Gasteiger partial charge >= 0.3 is 5.97 Å². The minimum absolute atomic E-state index is 0.0634. The van der Waals surface area contributed by atoms with Gasteiger partial charge in [-0.3, -0.25) is 9.59 Å². The van der Waals surface area contributed by atoms with E-state index in [0.29, 0.717) is 18.5 Å². The first kappa shape index (κ1) is 23.4. The molecule has 2 heterocycles. The number of benzene rings is 2. The fourth-order valence-electron chi connectivity index (χ4n) is 4.81. The molecule has 2 aromatic rings. The molecular formula is C25H30N2O5S. The molecule has 0 bridgehead atoms. The van der Waals surface area contributed by atoms with E-state index in [-0.39, 0.29) is 35.9 Å². The molecule has 0 atom stereocenters. The van der Waals surface area contributed by atoms with Gasteiger partial charge in [-0.25, -0.2) is 8.42 Å². The summed E-state index contributed by atoms with van der Waals surface area (Å²) in [6.45, 7) is 6.56. The largest absolute Gasteiger partial charge is 0.468 e. The fraction of sp³-hybridized carbons (Fsp3) is 0.440. The molecule has 4 rings (SSSR count). The lowest BCUT2D eigenvalue weighted by atomic mass is 9.74. The number of fused-ring (bicyclic) bond motifs is 2. The van der Waals surface area contributed by atoms with Gasteiger partial charge < -0.3 is 9.64 Å². The van der Waals surface area contributed by atoms with Crippen molar-refractivity contribution in [1.29, 1.82) is 0 Å². The summed E-state index contributed by atoms with van der Waals surface area (Å²) in [5.41, 5.74) is 1.73. The van der Waals surface area contributed by atoms with Gasteiger partial charge in [-0.2, -0.15) is 4.31 Å². The van der Waals surface area contributed by atoms with E-state index >= 15 is 0 Å². The van der Waals surface area contributed by atoms with Crippen LogP contribution < -0.4 is 4.90 Å². The Kier molecular flexibility index (Phi) is 5.87. The Hall–Kier alpha value is -2.71. The number of hydrogen-bond acceptors (Lipinski definition) is 5. The van der Waals surface area contributed by atoms with Crippen LogP contribution in [0.5, 0.6) is 0 Å². The molecule has 0 aromatic heterocycles. The van der Waals surface area contributed by atoms with Crippen LogP contribution in [0.3, 0.4) is 0 Å². The molecule has 0 unspecified atom stereocenters. The summed E-state index contributed by atoms with van der Waals surface area (Å²) >= 11 is 0. The number of para-hydroxylation sites is 1. The summed E-state index contributed by atoms with van der Waals surface area (Å²) < 4.78 is 32.8. The van der Waals surface area contributed by atoms with Crippen LogP contribution in [-0.4, -0.2) is 51.3 Å². The Balaban J connectivity index is 1.58. The molecule has 2 aromatic carbocycles. The van der Waals surface area contributed by atoms with Crippen molar-refractivity contribution in [1.82, 2.24) is 4.31 Å². The Bertz CT molecular complexity index is 1170. The number of hydrogen-bond donors (Lipinski definition) is 0. The van der Waals surface area contributed by atoms with Crippen molar-refractivity contribution in [2.24, 2.45) is 0 Å². The molecule has 1 fully saturated rings. The van der Waals surface area contributed by atoms with Crippen LogP contribution in [0.4, 0.5) is 5.69 Å². The lowest BCUT2D eigenvalue weighted by Gasteiger charge is -2.37. The van der Waals surface area contributed by atoms with Crippen molar-refractivity contribution in [3.05, 3.63) is 59.7 Å². The average molecular weight is 471 g/mol. The number of rotatable bonds is 4. The van der Waals surface area contributed by atoms with Gasteiger partial charge in [0.1, 0.15) is 6.54 Å². The Morgan fingerprint density at radius 3 is 2.21 bits per heavy atom. The first-order chi connectivity index (χ1) is 15.5. The molecule has 176 valence electrons. The Labute approximate surface area is 195 Å². The number of sulfonamides is 1. The number of anilines is 1. The highest BCUT2D eigenvalue weighted by Gasteiger charge is 2.53. The van der Waals surface area contributed by atoms with Gasteiger partial charge in [0.2, 0.25) is 15.9 Å². The maximum atomic E-state index is 13.5. The van der Waals surface area contributed by atoms with E-state index in [1.165, 1.54) is 16.3 Å². The fourth-order valence-corrected chi connectivity index (χ4v) is 6.26. The van der Waals surface area contributed by atoms with Crippen molar-refractivity contribution < 1.29 is 22.7 Å². The predicted octanol–water partition coefficient (Wildman–Crippen LogP) is 3.23. The van der Waals surface area contributed by atoms with E-state index in [1.807, 2.05) is 36.4 Å². The summed E-state index contributed by atoms with van der Waals surface area (Å²) in [5, 5.41) is 0. The van der Waals surface area contributed by atoms with E-state index in [1.54, 1.807) is 12.1 Å². The molecule has 1 saturated heterocycles. The van der Waals surface area contributed by atoms with Crippen molar-refractivity contribution in [3.63, 3.8) is 0 Å². The number of ether oxygens (including phenoxy) is 1. The number of esters is 1. The Morgan fingerprint density at radius 2 is 1.64 bits per heavy atom. The highest BCUT2D eigenvalue weighted by Crippen LogP contribution is 2.48. The van der Waals surface area contributed by atoms with E-state index in [9.17, 15) is 18.0 Å². The molecule has 1 spiro atoms. The minimum Gasteiger partial charge on any atom is -0.468 e. The number of carbonyl (C=O) groups excluding carboxylic acids is 2. The van der Waals surface area contributed by atoms with Gasteiger partial charge in [0.25, 0.3) is 0 Å². The first-order valence-corrected chi connectivity index (χ1v) is 12.5. The van der Waals surface area contributed by atoms with Crippen LogP contribution in [-0.2, 0) is 35.2 Å². The molecule has 0 radical (unpaired) electrons. The molecule has 33 heavy (non-hydrogen) atoms. The van der Waals surface area contributed by atoms with Crippen LogP contribution in [0.1, 0.15) is 44.7 Å². The minimum atomic E-state index is -3.67. The zero-order chi connectivity index (χ0) is 24.0. The van der Waals surface area contributed by atoms with E-state index in [2.05, 4.69) is 20.8 Å². The molecule has 7 nitrogen and oxygen atoms in total. The third-order valence-corrected chi connectivity index (χ3v) is 8.73. The van der Waals surface area contributed by atoms with Crippen LogP contribution in [0, 0.1) is 0 Å². The topological polar surface area (TPSA) is 84.0 Å². The molecule has 0 N–H and O–H groups in total. The molecule has 2 aliphatic rings. The maximum Gasteiger partial charge on any atom is 0.325 e. The van der Waals surface area contributed by atoms with Crippen LogP contribution >= 0.6 is 0 Å². The molecule has 0 saturated carbocycles. The van der Waals surface area contributed by atoms with Gasteiger partial charge in [-0.15, -0.1) is 0 Å². The highest BCUT2D eigenvalue weighted by molar-refractivity contribution is 7.89. The van der Waals surface area contributed by atoms with Crippen molar-refractivity contribution in [2.75, 3.05) is 31.6 Å². The lowest BCUT2D eigenvalue weighted by Crippen LogP contribution is -2.50. The number of amides is 1. The predicted molar refractivity (Wildman–Crippen MR) is 126 cm³/mol. The van der Waals surface area contributed by atoms with Crippen molar-refractivity contribution in [3.8, 4) is 0 Å². The SMILES string of the molecule is COC(=O)CN1C(=O)C2(CCN(S(=O)(=O)c3ccc(C(C)(C)C)cc3)CC2)c2ccccc21. The standard InChI is InChI=1S/C25H30N2O5S/c1-24(2,3)18-9-11-19(12-10-18)33(30,31)26-15-13-25(14-16-26)20-7-5-6-8-21(20)27(23(25)29)17-22(28)32-4/h5-12H,13-17H2,1-4H3. The Morgan fingerprint density at radius 1 is 1.03 bits per heavy atom. The molecular weight excluding hydrogens is 440 g/mol.